The minimum Gasteiger partial charge on any atom is -0.479 e. The molecule has 0 aromatic heterocycles. The van der Waals surface area contributed by atoms with Crippen molar-refractivity contribution in [1.29, 1.82) is 0 Å². The fourth-order valence-corrected chi connectivity index (χ4v) is 1.85. The summed E-state index contributed by atoms with van der Waals surface area (Å²) in [5.41, 5.74) is -3.58. The van der Waals surface area contributed by atoms with Crippen LogP contribution in [0.4, 0.5) is 0 Å². The molecule has 25 heavy (non-hydrogen) atoms. The van der Waals surface area contributed by atoms with E-state index in [0.29, 0.717) is 0 Å². The second-order valence-corrected chi connectivity index (χ2v) is 9.41. The number of carbonyl (C=O) groups is 3. The lowest BCUT2D eigenvalue weighted by Crippen LogP contribution is -2.54. The molecule has 1 unspecified atom stereocenters. The first kappa shape index (κ1) is 23.7. The summed E-state index contributed by atoms with van der Waals surface area (Å²) in [4.78, 5) is 36.6. The molecule has 0 aromatic carbocycles. The van der Waals surface area contributed by atoms with Gasteiger partial charge >= 0.3 is 5.97 Å². The van der Waals surface area contributed by atoms with Gasteiger partial charge in [0, 0.05) is 5.41 Å². The summed E-state index contributed by atoms with van der Waals surface area (Å²) >= 11 is 0. The number of Topliss-reactive ketones (excluding diaryl/α,β-unsaturated/α-hetero) is 2. The monoisotopic (exact) mass is 358 g/mol. The van der Waals surface area contributed by atoms with Gasteiger partial charge in [-0.25, -0.2) is 4.79 Å². The minimum atomic E-state index is -1.63. The summed E-state index contributed by atoms with van der Waals surface area (Å²) in [5.74, 6) is -2.12. The molecule has 0 aliphatic rings. The summed E-state index contributed by atoms with van der Waals surface area (Å²) in [7, 11) is 0. The highest BCUT2D eigenvalue weighted by molar-refractivity contribution is 6.03. The zero-order valence-electron chi connectivity index (χ0n) is 17.3. The van der Waals surface area contributed by atoms with Gasteiger partial charge in [-0.3, -0.25) is 9.59 Å². The molecule has 0 aliphatic carbocycles. The molecule has 146 valence electrons. The minimum absolute atomic E-state index is 0.117. The van der Waals surface area contributed by atoms with Crippen LogP contribution in [0.1, 0.15) is 69.2 Å². The lowest BCUT2D eigenvalue weighted by molar-refractivity contribution is -0.188. The molecule has 0 aromatic rings. The van der Waals surface area contributed by atoms with E-state index in [1.165, 1.54) is 0 Å². The molecular weight excluding hydrogens is 324 g/mol. The second-order valence-electron chi connectivity index (χ2n) is 9.41. The number of rotatable bonds is 8. The van der Waals surface area contributed by atoms with Gasteiger partial charge in [-0.05, 0) is 34.6 Å². The SMILES string of the molecule is CC(C)(C)OCC(=O)C(C)(C)C(C)(C)OC(C(=O)O)C(=O)C(C)(C)C. The van der Waals surface area contributed by atoms with E-state index < -0.39 is 39.9 Å². The first-order valence-corrected chi connectivity index (χ1v) is 8.45. The highest BCUT2D eigenvalue weighted by Gasteiger charge is 2.48. The Hall–Kier alpha value is -1.27. The van der Waals surface area contributed by atoms with Gasteiger partial charge in [0.05, 0.1) is 16.6 Å². The summed E-state index contributed by atoms with van der Waals surface area (Å²) in [5, 5.41) is 9.43. The van der Waals surface area contributed by atoms with Gasteiger partial charge < -0.3 is 14.6 Å². The molecule has 0 fully saturated rings. The number of carbonyl (C=O) groups excluding carboxylic acids is 2. The number of hydrogen-bond donors (Lipinski definition) is 1. The molecule has 0 heterocycles. The van der Waals surface area contributed by atoms with Crippen molar-refractivity contribution in [2.45, 2.75) is 86.5 Å². The molecule has 1 N–H and O–H groups in total. The smallest absolute Gasteiger partial charge is 0.340 e. The van der Waals surface area contributed by atoms with Crippen molar-refractivity contribution in [2.24, 2.45) is 10.8 Å². The van der Waals surface area contributed by atoms with E-state index in [0.717, 1.165) is 0 Å². The zero-order valence-corrected chi connectivity index (χ0v) is 17.3. The van der Waals surface area contributed by atoms with Gasteiger partial charge in [-0.2, -0.15) is 0 Å². The van der Waals surface area contributed by atoms with Gasteiger partial charge in [0.15, 0.2) is 11.6 Å². The molecule has 0 saturated carbocycles. The van der Waals surface area contributed by atoms with Crippen molar-refractivity contribution in [3.05, 3.63) is 0 Å². The third kappa shape index (κ3) is 6.51. The predicted molar refractivity (Wildman–Crippen MR) is 95.5 cm³/mol. The van der Waals surface area contributed by atoms with Crippen LogP contribution in [0.15, 0.2) is 0 Å². The van der Waals surface area contributed by atoms with Crippen LogP contribution < -0.4 is 0 Å². The normalized spacial score (nSPS) is 15.0. The average Bonchev–Trinajstić information content (AvgIpc) is 2.38. The highest BCUT2D eigenvalue weighted by Crippen LogP contribution is 2.37. The number of carboxylic acid groups (broad SMARTS) is 1. The highest BCUT2D eigenvalue weighted by atomic mass is 16.5. The maximum absolute atomic E-state index is 12.6. The third-order valence-electron chi connectivity index (χ3n) is 4.45. The quantitative estimate of drug-likeness (QED) is 0.670. The first-order chi connectivity index (χ1) is 10.8. The number of ether oxygens (including phenoxy) is 2. The van der Waals surface area contributed by atoms with Crippen LogP contribution in [0.3, 0.4) is 0 Å². The fourth-order valence-electron chi connectivity index (χ4n) is 1.85. The molecule has 0 saturated heterocycles. The molecule has 0 radical (unpaired) electrons. The van der Waals surface area contributed by atoms with Crippen molar-refractivity contribution in [2.75, 3.05) is 6.61 Å². The van der Waals surface area contributed by atoms with E-state index in [2.05, 4.69) is 0 Å². The van der Waals surface area contributed by atoms with E-state index in [9.17, 15) is 19.5 Å². The van der Waals surface area contributed by atoms with Crippen molar-refractivity contribution in [3.63, 3.8) is 0 Å². The van der Waals surface area contributed by atoms with Crippen molar-refractivity contribution < 1.29 is 29.0 Å². The Bertz CT molecular complexity index is 517. The van der Waals surface area contributed by atoms with E-state index >= 15 is 0 Å². The van der Waals surface area contributed by atoms with Gasteiger partial charge in [0.25, 0.3) is 0 Å². The molecule has 0 rings (SSSR count). The Balaban J connectivity index is 5.46. The number of ketones is 2. The molecular formula is C19H34O6. The average molecular weight is 358 g/mol. The van der Waals surface area contributed by atoms with Crippen LogP contribution in [0.2, 0.25) is 0 Å². The maximum Gasteiger partial charge on any atom is 0.340 e. The zero-order chi connectivity index (χ0) is 20.4. The van der Waals surface area contributed by atoms with Crippen LogP contribution in [0.5, 0.6) is 0 Å². The van der Waals surface area contributed by atoms with Crippen LogP contribution in [-0.4, -0.2) is 46.6 Å². The number of aliphatic carboxylic acids is 1. The van der Waals surface area contributed by atoms with Gasteiger partial charge in [-0.15, -0.1) is 0 Å². The van der Waals surface area contributed by atoms with Crippen molar-refractivity contribution >= 4 is 17.5 Å². The van der Waals surface area contributed by atoms with E-state index in [-0.39, 0.29) is 12.4 Å². The van der Waals surface area contributed by atoms with Crippen molar-refractivity contribution in [3.8, 4) is 0 Å². The molecule has 0 amide bonds. The molecule has 6 heteroatoms. The largest absolute Gasteiger partial charge is 0.479 e. The van der Waals surface area contributed by atoms with Crippen molar-refractivity contribution in [1.82, 2.24) is 0 Å². The molecule has 1 atom stereocenters. The third-order valence-corrected chi connectivity index (χ3v) is 4.45. The van der Waals surface area contributed by atoms with Gasteiger partial charge in [0.1, 0.15) is 6.61 Å². The lowest BCUT2D eigenvalue weighted by Gasteiger charge is -2.42. The second kappa shape index (κ2) is 7.54. The van der Waals surface area contributed by atoms with E-state index in [4.69, 9.17) is 9.47 Å². The topological polar surface area (TPSA) is 89.9 Å². The Labute approximate surface area is 151 Å². The molecule has 0 spiro atoms. The Morgan fingerprint density at radius 3 is 1.64 bits per heavy atom. The maximum atomic E-state index is 12.6. The summed E-state index contributed by atoms with van der Waals surface area (Å²) in [6.45, 7) is 16.9. The van der Waals surface area contributed by atoms with Crippen LogP contribution >= 0.6 is 0 Å². The predicted octanol–water partition coefficient (Wildman–Crippen LogP) is 3.26. The number of hydrogen-bond acceptors (Lipinski definition) is 5. The molecule has 6 nitrogen and oxygen atoms in total. The van der Waals surface area contributed by atoms with Crippen LogP contribution in [0, 0.1) is 10.8 Å². The van der Waals surface area contributed by atoms with E-state index in [1.54, 1.807) is 48.5 Å². The lowest BCUT2D eigenvalue weighted by atomic mass is 9.73. The number of carboxylic acids is 1. The Kier molecular flexibility index (Phi) is 7.16. The van der Waals surface area contributed by atoms with Crippen LogP contribution in [-0.2, 0) is 23.9 Å². The summed E-state index contributed by atoms with van der Waals surface area (Å²) in [6.07, 6.45) is -1.63. The summed E-state index contributed by atoms with van der Waals surface area (Å²) < 4.78 is 11.2. The standard InChI is InChI=1S/C19H34O6/c1-16(2,3)14(21)13(15(22)23)25-19(9,10)18(7,8)12(20)11-24-17(4,5)6/h13H,11H2,1-10H3,(H,22,23). The Morgan fingerprint density at radius 1 is 0.880 bits per heavy atom. The van der Waals surface area contributed by atoms with E-state index in [1.807, 2.05) is 20.8 Å². The Morgan fingerprint density at radius 2 is 1.32 bits per heavy atom. The fraction of sp³-hybridized carbons (Fsp3) is 0.842. The van der Waals surface area contributed by atoms with Crippen LogP contribution in [0.25, 0.3) is 0 Å². The molecule has 0 aliphatic heterocycles. The summed E-state index contributed by atoms with van der Waals surface area (Å²) in [6, 6.07) is 0. The van der Waals surface area contributed by atoms with Gasteiger partial charge in [0.2, 0.25) is 6.10 Å². The van der Waals surface area contributed by atoms with Gasteiger partial charge in [-0.1, -0.05) is 34.6 Å². The molecule has 0 bridgehead atoms. The first-order valence-electron chi connectivity index (χ1n) is 8.45.